The number of ether oxygens (including phenoxy) is 1. The van der Waals surface area contributed by atoms with E-state index in [9.17, 15) is 4.39 Å². The van der Waals surface area contributed by atoms with Crippen LogP contribution in [0.5, 0.6) is 5.75 Å². The first kappa shape index (κ1) is 28.3. The number of nitrogens with zero attached hydrogens (tertiary/aromatic N) is 4. The first-order valence-electron chi connectivity index (χ1n) is 16.0. The van der Waals surface area contributed by atoms with E-state index in [1.54, 1.807) is 0 Å². The van der Waals surface area contributed by atoms with Gasteiger partial charge in [-0.05, 0) is 104 Å². The van der Waals surface area contributed by atoms with Gasteiger partial charge in [0.15, 0.2) is 0 Å². The maximum atomic E-state index is 14.0. The van der Waals surface area contributed by atoms with Gasteiger partial charge in [-0.2, -0.15) is 0 Å². The zero-order valence-electron chi connectivity index (χ0n) is 26.1. The molecule has 1 fully saturated rings. The number of aromatic amines is 1. The number of hydrogen-bond acceptors (Lipinski definition) is 5. The van der Waals surface area contributed by atoms with Gasteiger partial charge < -0.3 is 14.6 Å². The van der Waals surface area contributed by atoms with Gasteiger partial charge in [-0.3, -0.25) is 9.89 Å². The Bertz CT molecular complexity index is 1650. The molecule has 0 bridgehead atoms. The Balaban J connectivity index is 1.23. The second-order valence-corrected chi connectivity index (χ2v) is 13.8. The van der Waals surface area contributed by atoms with Crippen molar-refractivity contribution in [2.45, 2.75) is 78.9 Å². The van der Waals surface area contributed by atoms with Crippen LogP contribution in [0.15, 0.2) is 63.9 Å². The van der Waals surface area contributed by atoms with Crippen LogP contribution in [-0.4, -0.2) is 64.4 Å². The zero-order chi connectivity index (χ0) is 29.7. The summed E-state index contributed by atoms with van der Waals surface area (Å²) < 4.78 is 20.3. The van der Waals surface area contributed by atoms with Crippen molar-refractivity contribution in [3.8, 4) is 16.9 Å². The molecule has 0 amide bonds. The largest absolute Gasteiger partial charge is 0.491 e. The number of hydrogen-bond donors (Lipinski definition) is 1. The Labute approximate surface area is 254 Å². The van der Waals surface area contributed by atoms with Crippen LogP contribution in [0.2, 0.25) is 0 Å². The SMILES string of the molecule is CC1=C(N2CCOc3ccc(-c4ccc5nc(C)[nH]c5c4)cc3C2)C2=C(CCC(C)(C)C2)N=C(CN2CCC(F)C2)CC1. The molecule has 0 spiro atoms. The van der Waals surface area contributed by atoms with Crippen molar-refractivity contribution >= 4 is 16.7 Å². The Morgan fingerprint density at radius 2 is 1.88 bits per heavy atom. The molecular weight excluding hydrogens is 537 g/mol. The Morgan fingerprint density at radius 3 is 2.72 bits per heavy atom. The van der Waals surface area contributed by atoms with Gasteiger partial charge in [-0.25, -0.2) is 9.37 Å². The number of fused-ring (bicyclic) bond motifs is 2. The third kappa shape index (κ3) is 5.88. The number of allylic oxidation sites excluding steroid dienone is 3. The number of aliphatic imine (C=N–C) groups is 1. The second kappa shape index (κ2) is 11.2. The molecule has 43 heavy (non-hydrogen) atoms. The van der Waals surface area contributed by atoms with E-state index in [-0.39, 0.29) is 5.41 Å². The number of alkyl halides is 1. The minimum atomic E-state index is -0.695. The number of benzene rings is 2. The fraction of sp³-hybridized carbons (Fsp3) is 0.500. The first-order valence-corrected chi connectivity index (χ1v) is 16.0. The quantitative estimate of drug-likeness (QED) is 0.342. The van der Waals surface area contributed by atoms with Crippen LogP contribution in [0, 0.1) is 12.3 Å². The van der Waals surface area contributed by atoms with E-state index in [1.165, 1.54) is 44.9 Å². The third-order valence-electron chi connectivity index (χ3n) is 9.73. The van der Waals surface area contributed by atoms with E-state index in [0.717, 1.165) is 80.9 Å². The number of rotatable bonds is 4. The van der Waals surface area contributed by atoms with Gasteiger partial charge in [0, 0.05) is 48.8 Å². The maximum absolute atomic E-state index is 14.0. The molecule has 4 aliphatic rings. The van der Waals surface area contributed by atoms with Gasteiger partial charge in [-0.1, -0.05) is 26.0 Å². The molecule has 0 radical (unpaired) electrons. The Kier molecular flexibility index (Phi) is 7.40. The van der Waals surface area contributed by atoms with Gasteiger partial charge >= 0.3 is 0 Å². The fourth-order valence-electron chi connectivity index (χ4n) is 7.42. The fourth-order valence-corrected chi connectivity index (χ4v) is 7.42. The molecule has 1 aliphatic carbocycles. The van der Waals surface area contributed by atoms with Gasteiger partial charge in [0.2, 0.25) is 0 Å². The molecule has 4 heterocycles. The molecule has 1 atom stereocenters. The molecule has 7 rings (SSSR count). The van der Waals surface area contributed by atoms with Crippen LogP contribution in [0.3, 0.4) is 0 Å². The highest BCUT2D eigenvalue weighted by atomic mass is 19.1. The van der Waals surface area contributed by atoms with E-state index >= 15 is 0 Å². The summed E-state index contributed by atoms with van der Waals surface area (Å²) in [6, 6.07) is 13.1. The van der Waals surface area contributed by atoms with Crippen LogP contribution in [0.1, 0.15) is 70.7 Å². The van der Waals surface area contributed by atoms with Crippen LogP contribution < -0.4 is 4.74 Å². The minimum absolute atomic E-state index is 0.229. The number of halogens is 1. The van der Waals surface area contributed by atoms with Gasteiger partial charge in [0.1, 0.15) is 24.4 Å². The molecule has 1 N–H and O–H groups in total. The minimum Gasteiger partial charge on any atom is -0.491 e. The molecule has 6 nitrogen and oxygen atoms in total. The number of aromatic nitrogens is 2. The average Bonchev–Trinajstić information content (AvgIpc) is 3.48. The summed E-state index contributed by atoms with van der Waals surface area (Å²) in [6.45, 7) is 13.6. The molecule has 7 heteroatoms. The van der Waals surface area contributed by atoms with E-state index in [1.807, 2.05) is 6.92 Å². The van der Waals surface area contributed by atoms with Crippen molar-refractivity contribution in [2.24, 2.45) is 10.4 Å². The van der Waals surface area contributed by atoms with Crippen molar-refractivity contribution in [1.82, 2.24) is 19.8 Å². The van der Waals surface area contributed by atoms with Crippen LogP contribution in [0.4, 0.5) is 4.39 Å². The predicted octanol–water partition coefficient (Wildman–Crippen LogP) is 7.75. The molecule has 3 aromatic rings. The average molecular weight is 582 g/mol. The summed E-state index contributed by atoms with van der Waals surface area (Å²) in [5.41, 5.74) is 12.6. The highest BCUT2D eigenvalue weighted by Crippen LogP contribution is 2.45. The number of aryl methyl sites for hydroxylation is 1. The lowest BCUT2D eigenvalue weighted by Gasteiger charge is -2.38. The Morgan fingerprint density at radius 1 is 1.05 bits per heavy atom. The number of nitrogens with one attached hydrogen (secondary N) is 1. The lowest BCUT2D eigenvalue weighted by molar-refractivity contribution is 0.254. The number of imidazole rings is 1. The van der Waals surface area contributed by atoms with Crippen molar-refractivity contribution < 1.29 is 9.13 Å². The lowest BCUT2D eigenvalue weighted by atomic mass is 9.74. The lowest BCUT2D eigenvalue weighted by Crippen LogP contribution is -2.32. The van der Waals surface area contributed by atoms with Gasteiger partial charge in [-0.15, -0.1) is 0 Å². The number of H-pyrrole nitrogens is 1. The smallest absolute Gasteiger partial charge is 0.124 e. The first-order chi connectivity index (χ1) is 20.7. The van der Waals surface area contributed by atoms with Crippen molar-refractivity contribution in [2.75, 3.05) is 32.8 Å². The highest BCUT2D eigenvalue weighted by molar-refractivity contribution is 5.88. The van der Waals surface area contributed by atoms with Crippen molar-refractivity contribution in [3.63, 3.8) is 0 Å². The zero-order valence-corrected chi connectivity index (χ0v) is 26.1. The van der Waals surface area contributed by atoms with E-state index < -0.39 is 6.17 Å². The van der Waals surface area contributed by atoms with Crippen molar-refractivity contribution in [1.29, 1.82) is 0 Å². The summed E-state index contributed by atoms with van der Waals surface area (Å²) in [4.78, 5) is 18.1. The van der Waals surface area contributed by atoms with Gasteiger partial charge in [0.25, 0.3) is 0 Å². The maximum Gasteiger partial charge on any atom is 0.124 e. The molecule has 1 aromatic heterocycles. The predicted molar refractivity (Wildman–Crippen MR) is 172 cm³/mol. The van der Waals surface area contributed by atoms with Crippen LogP contribution >= 0.6 is 0 Å². The molecule has 2 aromatic carbocycles. The third-order valence-corrected chi connectivity index (χ3v) is 9.73. The summed E-state index contributed by atoms with van der Waals surface area (Å²) in [5, 5.41) is 0. The normalized spacial score (nSPS) is 23.0. The van der Waals surface area contributed by atoms with E-state index in [0.29, 0.717) is 19.6 Å². The molecule has 0 saturated carbocycles. The molecule has 226 valence electrons. The molecule has 1 unspecified atom stereocenters. The molecule has 3 aliphatic heterocycles. The van der Waals surface area contributed by atoms with Crippen LogP contribution in [-0.2, 0) is 6.54 Å². The topological polar surface area (TPSA) is 56.8 Å². The standard InChI is InChI=1S/C36H44FN5O/c1-23-5-8-29(22-41-14-12-28(37)21-41)40-31-11-13-36(3,4)19-30(31)35(23)42-15-16-43-34-10-7-25(17-27(34)20-42)26-6-9-32-33(18-26)39-24(2)38-32/h6-7,9-10,17-18,28H,5,8,11-16,19-22H2,1-4H3,(H,38,39). The second-order valence-electron chi connectivity index (χ2n) is 13.8. The summed E-state index contributed by atoms with van der Waals surface area (Å²) in [5.74, 6) is 1.91. The molecule has 1 saturated heterocycles. The monoisotopic (exact) mass is 581 g/mol. The summed E-state index contributed by atoms with van der Waals surface area (Å²) >= 11 is 0. The summed E-state index contributed by atoms with van der Waals surface area (Å²) in [7, 11) is 0. The summed E-state index contributed by atoms with van der Waals surface area (Å²) in [6.07, 6.45) is 5.02. The van der Waals surface area contributed by atoms with E-state index in [2.05, 4.69) is 76.9 Å². The molecular formula is C36H44FN5O. The van der Waals surface area contributed by atoms with Crippen LogP contribution in [0.25, 0.3) is 22.2 Å². The Hall–Kier alpha value is -3.45. The highest BCUT2D eigenvalue weighted by Gasteiger charge is 2.34. The number of likely N-dealkylation sites (tertiary alicyclic amines) is 1. The van der Waals surface area contributed by atoms with E-state index in [4.69, 9.17) is 9.73 Å². The van der Waals surface area contributed by atoms with Crippen molar-refractivity contribution in [3.05, 3.63) is 70.3 Å². The van der Waals surface area contributed by atoms with Gasteiger partial charge in [0.05, 0.1) is 17.6 Å².